The summed E-state index contributed by atoms with van der Waals surface area (Å²) >= 11 is 0. The molecule has 0 heteroatoms. The molecule has 0 rings (SSSR count). The Morgan fingerprint density at radius 2 is 1.13 bits per heavy atom. The molecule has 0 aromatic carbocycles. The van der Waals surface area contributed by atoms with Gasteiger partial charge in [0, 0.05) is 0 Å². The minimum absolute atomic E-state index is 1.28. The van der Waals surface area contributed by atoms with Crippen molar-refractivity contribution < 1.29 is 0 Å². The molecule has 0 aliphatic rings. The summed E-state index contributed by atoms with van der Waals surface area (Å²) in [5.74, 6) is 0. The first-order chi connectivity index (χ1) is 7.02. The summed E-state index contributed by atoms with van der Waals surface area (Å²) < 4.78 is 0. The van der Waals surface area contributed by atoms with Crippen molar-refractivity contribution in [3.63, 3.8) is 0 Å². The van der Waals surface area contributed by atoms with Gasteiger partial charge in [0.05, 0.1) is 0 Å². The van der Waals surface area contributed by atoms with Gasteiger partial charge in [0.2, 0.25) is 0 Å². The van der Waals surface area contributed by atoms with Crippen LogP contribution in [0, 0.1) is 0 Å². The maximum Gasteiger partial charge on any atom is -0.0398 e. The second-order valence-corrected chi connectivity index (χ2v) is 4.15. The van der Waals surface area contributed by atoms with Gasteiger partial charge in [-0.15, -0.1) is 0 Å². The van der Waals surface area contributed by atoms with Gasteiger partial charge < -0.3 is 0 Å². The molecule has 0 radical (unpaired) electrons. The van der Waals surface area contributed by atoms with E-state index < -0.39 is 0 Å². The lowest BCUT2D eigenvalue weighted by Gasteiger charge is -1.90. The van der Waals surface area contributed by atoms with Gasteiger partial charge in [-0.25, -0.2) is 0 Å². The molecule has 0 heterocycles. The molecule has 0 aliphatic heterocycles. The Morgan fingerprint density at radius 3 is 1.60 bits per heavy atom. The summed E-state index contributed by atoms with van der Waals surface area (Å²) in [6.45, 7) is 10.5. The van der Waals surface area contributed by atoms with E-state index in [1.165, 1.54) is 16.7 Å². The lowest BCUT2D eigenvalue weighted by molar-refractivity contribution is 1.35. The molecular weight excluding hydrogens is 180 g/mol. The Balaban J connectivity index is 4.16. The average Bonchev–Trinajstić information content (AvgIpc) is 2.09. The minimum atomic E-state index is 1.28. The van der Waals surface area contributed by atoms with Crippen LogP contribution in [0.15, 0.2) is 59.3 Å². The van der Waals surface area contributed by atoms with Crippen LogP contribution in [0.4, 0.5) is 0 Å². The predicted octanol–water partition coefficient (Wildman–Crippen LogP) is 4.98. The van der Waals surface area contributed by atoms with E-state index in [-0.39, 0.29) is 0 Å². The van der Waals surface area contributed by atoms with Crippen LogP contribution in [0.2, 0.25) is 0 Å². The lowest BCUT2D eigenvalue weighted by Crippen LogP contribution is -1.69. The van der Waals surface area contributed by atoms with E-state index in [0.29, 0.717) is 0 Å². The smallest absolute Gasteiger partial charge is 0.0398 e. The van der Waals surface area contributed by atoms with Gasteiger partial charge >= 0.3 is 0 Å². The molecule has 0 fully saturated rings. The summed E-state index contributed by atoms with van der Waals surface area (Å²) in [5, 5.41) is 0. The normalized spacial score (nSPS) is 12.2. The second kappa shape index (κ2) is 8.05. The maximum absolute atomic E-state index is 2.17. The highest BCUT2D eigenvalue weighted by Gasteiger charge is 1.79. The molecule has 0 saturated carbocycles. The maximum atomic E-state index is 2.17. The van der Waals surface area contributed by atoms with E-state index in [9.17, 15) is 0 Å². The van der Waals surface area contributed by atoms with E-state index in [2.05, 4.69) is 65.0 Å². The molecule has 0 spiro atoms. The lowest BCUT2D eigenvalue weighted by atomic mass is 10.2. The summed E-state index contributed by atoms with van der Waals surface area (Å²) in [6.07, 6.45) is 14.6. The molecule has 82 valence electrons. The van der Waals surface area contributed by atoms with Crippen LogP contribution in [0.1, 0.15) is 34.6 Å². The molecule has 0 bridgehead atoms. The fourth-order valence-corrected chi connectivity index (χ4v) is 1.09. The summed E-state index contributed by atoms with van der Waals surface area (Å²) in [6, 6.07) is 0. The number of hydrogen-bond acceptors (Lipinski definition) is 0. The Bertz CT molecular complexity index is 312. The molecule has 0 unspecified atom stereocenters. The Labute approximate surface area is 94.4 Å². The third-order valence-electron chi connectivity index (χ3n) is 1.64. The van der Waals surface area contributed by atoms with Crippen molar-refractivity contribution in [2.75, 3.05) is 0 Å². The zero-order valence-electron chi connectivity index (χ0n) is 10.5. The first-order valence-corrected chi connectivity index (χ1v) is 5.32. The predicted molar refractivity (Wildman–Crippen MR) is 70.9 cm³/mol. The van der Waals surface area contributed by atoms with Crippen LogP contribution < -0.4 is 0 Å². The summed E-state index contributed by atoms with van der Waals surface area (Å²) in [4.78, 5) is 0. The summed E-state index contributed by atoms with van der Waals surface area (Å²) in [7, 11) is 0. The zero-order valence-corrected chi connectivity index (χ0v) is 10.5. The minimum Gasteiger partial charge on any atom is -0.0764 e. The second-order valence-electron chi connectivity index (χ2n) is 4.15. The van der Waals surface area contributed by atoms with Crippen LogP contribution >= 0.6 is 0 Å². The van der Waals surface area contributed by atoms with E-state index in [0.717, 1.165) is 0 Å². The molecule has 0 aliphatic carbocycles. The number of allylic oxidation sites excluding steroid dienone is 10. The standard InChI is InChI=1S/C15H22/c1-13(2)10-8-6-7-9-11-15(5)12-14(3)4/h6-12H,1-5H3. The van der Waals surface area contributed by atoms with Crippen molar-refractivity contribution in [2.45, 2.75) is 34.6 Å². The SMILES string of the molecule is CC(C)=CC=CC=CC=C(C)C=C(C)C. The fourth-order valence-electron chi connectivity index (χ4n) is 1.09. The van der Waals surface area contributed by atoms with Gasteiger partial charge in [-0.1, -0.05) is 59.3 Å². The highest BCUT2D eigenvalue weighted by atomic mass is 13.9. The van der Waals surface area contributed by atoms with Crippen LogP contribution in [0.5, 0.6) is 0 Å². The molecule has 15 heavy (non-hydrogen) atoms. The van der Waals surface area contributed by atoms with Gasteiger partial charge in [0.25, 0.3) is 0 Å². The van der Waals surface area contributed by atoms with Crippen molar-refractivity contribution in [3.8, 4) is 0 Å². The largest absolute Gasteiger partial charge is 0.0764 e. The monoisotopic (exact) mass is 202 g/mol. The van der Waals surface area contributed by atoms with Gasteiger partial charge in [0.1, 0.15) is 0 Å². The molecule has 0 nitrogen and oxygen atoms in total. The van der Waals surface area contributed by atoms with Crippen LogP contribution in [-0.2, 0) is 0 Å². The van der Waals surface area contributed by atoms with Crippen LogP contribution in [-0.4, -0.2) is 0 Å². The number of rotatable bonds is 4. The third-order valence-corrected chi connectivity index (χ3v) is 1.64. The first-order valence-electron chi connectivity index (χ1n) is 5.32. The Kier molecular flexibility index (Phi) is 7.35. The van der Waals surface area contributed by atoms with E-state index in [4.69, 9.17) is 0 Å². The van der Waals surface area contributed by atoms with Crippen molar-refractivity contribution in [1.82, 2.24) is 0 Å². The van der Waals surface area contributed by atoms with Gasteiger partial charge in [0.15, 0.2) is 0 Å². The van der Waals surface area contributed by atoms with Crippen LogP contribution in [0.3, 0.4) is 0 Å². The molecule has 0 N–H and O–H groups in total. The first kappa shape index (κ1) is 13.7. The Morgan fingerprint density at radius 1 is 0.600 bits per heavy atom. The van der Waals surface area contributed by atoms with E-state index in [1.807, 2.05) is 12.2 Å². The Hall–Kier alpha value is -1.30. The van der Waals surface area contributed by atoms with Crippen molar-refractivity contribution >= 4 is 0 Å². The molecule has 0 aromatic heterocycles. The molecule has 0 aromatic rings. The number of hydrogen-bond donors (Lipinski definition) is 0. The zero-order chi connectivity index (χ0) is 11.7. The molecule has 0 atom stereocenters. The van der Waals surface area contributed by atoms with E-state index in [1.54, 1.807) is 0 Å². The summed E-state index contributed by atoms with van der Waals surface area (Å²) in [5.41, 5.74) is 3.93. The highest BCUT2D eigenvalue weighted by Crippen LogP contribution is 2.00. The van der Waals surface area contributed by atoms with Gasteiger partial charge in [-0.05, 0) is 34.6 Å². The van der Waals surface area contributed by atoms with Crippen molar-refractivity contribution in [3.05, 3.63) is 59.3 Å². The molecular formula is C15H22. The quantitative estimate of drug-likeness (QED) is 0.564. The van der Waals surface area contributed by atoms with Crippen molar-refractivity contribution in [1.29, 1.82) is 0 Å². The fraction of sp³-hybridized carbons (Fsp3) is 0.333. The highest BCUT2D eigenvalue weighted by molar-refractivity contribution is 5.26. The third kappa shape index (κ3) is 10.6. The van der Waals surface area contributed by atoms with Crippen LogP contribution in [0.25, 0.3) is 0 Å². The molecule has 0 saturated heterocycles. The average molecular weight is 202 g/mol. The van der Waals surface area contributed by atoms with Gasteiger partial charge in [-0.2, -0.15) is 0 Å². The van der Waals surface area contributed by atoms with E-state index >= 15 is 0 Å². The van der Waals surface area contributed by atoms with Gasteiger partial charge in [-0.3, -0.25) is 0 Å². The topological polar surface area (TPSA) is 0 Å². The molecule has 0 amide bonds. The van der Waals surface area contributed by atoms with Crippen molar-refractivity contribution in [2.24, 2.45) is 0 Å².